The monoisotopic (exact) mass is 386 g/mol. The highest BCUT2D eigenvalue weighted by atomic mass is 16.5. The molecule has 2 aromatic rings. The average Bonchev–Trinajstić information content (AvgIpc) is 3.20. The molecule has 8 heteroatoms. The standard InChI is InChI=1S/C20H22N2O6/c1-13-10-22(11-14(2)28-13)18(23)12-27-20(25)15-5-7-16(8-6-15)21-19(24)17-4-3-9-26-17/h3-9,13-14H,10-12H2,1-2H3,(H,21,24)/t13-,14+. The fraction of sp³-hybridized carbons (Fsp3) is 0.350. The largest absolute Gasteiger partial charge is 0.459 e. The Morgan fingerprint density at radius 2 is 1.79 bits per heavy atom. The van der Waals surface area contributed by atoms with Gasteiger partial charge in [-0.05, 0) is 50.2 Å². The summed E-state index contributed by atoms with van der Waals surface area (Å²) < 4.78 is 15.7. The molecule has 148 valence electrons. The minimum absolute atomic E-state index is 0.0488. The number of amides is 2. The van der Waals surface area contributed by atoms with Gasteiger partial charge < -0.3 is 24.1 Å². The molecule has 8 nitrogen and oxygen atoms in total. The summed E-state index contributed by atoms with van der Waals surface area (Å²) in [7, 11) is 0. The first kappa shape index (κ1) is 19.6. The number of ether oxygens (including phenoxy) is 2. The summed E-state index contributed by atoms with van der Waals surface area (Å²) in [5, 5.41) is 2.65. The summed E-state index contributed by atoms with van der Waals surface area (Å²) in [5.74, 6) is -1.06. The lowest BCUT2D eigenvalue weighted by Crippen LogP contribution is -2.49. The SMILES string of the molecule is C[C@@H]1CN(C(=O)COC(=O)c2ccc(NC(=O)c3ccco3)cc2)C[C@H](C)O1. The Morgan fingerprint density at radius 3 is 2.39 bits per heavy atom. The molecule has 1 aromatic heterocycles. The number of furan rings is 1. The molecule has 1 N–H and O–H groups in total. The van der Waals surface area contributed by atoms with Crippen LogP contribution in [0.25, 0.3) is 0 Å². The number of nitrogens with zero attached hydrogens (tertiary/aromatic N) is 1. The van der Waals surface area contributed by atoms with Gasteiger partial charge in [0.05, 0.1) is 24.0 Å². The summed E-state index contributed by atoms with van der Waals surface area (Å²) in [5.41, 5.74) is 0.790. The number of esters is 1. The Hall–Kier alpha value is -3.13. The van der Waals surface area contributed by atoms with Gasteiger partial charge in [0.25, 0.3) is 11.8 Å². The molecule has 1 fully saturated rings. The summed E-state index contributed by atoms with van der Waals surface area (Å²) in [4.78, 5) is 38.0. The van der Waals surface area contributed by atoms with Crippen molar-refractivity contribution in [1.82, 2.24) is 4.90 Å². The predicted octanol–water partition coefficient (Wildman–Crippen LogP) is 2.32. The quantitative estimate of drug-likeness (QED) is 0.792. The smallest absolute Gasteiger partial charge is 0.338 e. The summed E-state index contributed by atoms with van der Waals surface area (Å²) in [6, 6.07) is 9.35. The summed E-state index contributed by atoms with van der Waals surface area (Å²) in [6.45, 7) is 4.42. The first-order valence-electron chi connectivity index (χ1n) is 8.97. The Balaban J connectivity index is 1.50. The van der Waals surface area contributed by atoms with Crippen LogP contribution in [0.4, 0.5) is 5.69 Å². The number of carbonyl (C=O) groups is 3. The van der Waals surface area contributed by atoms with Crippen LogP contribution in [0.5, 0.6) is 0 Å². The number of morpholine rings is 1. The summed E-state index contributed by atoms with van der Waals surface area (Å²) in [6.07, 6.45) is 1.31. The number of nitrogens with one attached hydrogen (secondary N) is 1. The number of hydrogen-bond donors (Lipinski definition) is 1. The third-order valence-electron chi connectivity index (χ3n) is 4.22. The minimum atomic E-state index is -0.605. The van der Waals surface area contributed by atoms with Gasteiger partial charge in [0, 0.05) is 18.8 Å². The maximum absolute atomic E-state index is 12.2. The molecule has 2 heterocycles. The second kappa shape index (κ2) is 8.71. The molecule has 0 bridgehead atoms. The Morgan fingerprint density at radius 1 is 1.11 bits per heavy atom. The van der Waals surface area contributed by atoms with E-state index in [2.05, 4.69) is 5.32 Å². The van der Waals surface area contributed by atoms with E-state index in [1.165, 1.54) is 18.4 Å². The van der Waals surface area contributed by atoms with Gasteiger partial charge in [0.1, 0.15) is 0 Å². The zero-order valence-corrected chi connectivity index (χ0v) is 15.7. The van der Waals surface area contributed by atoms with Crippen molar-refractivity contribution in [2.45, 2.75) is 26.1 Å². The third-order valence-corrected chi connectivity index (χ3v) is 4.22. The molecule has 1 aromatic carbocycles. The van der Waals surface area contributed by atoms with E-state index in [4.69, 9.17) is 13.9 Å². The van der Waals surface area contributed by atoms with Crippen LogP contribution in [0.3, 0.4) is 0 Å². The van der Waals surface area contributed by atoms with Crippen molar-refractivity contribution in [3.05, 3.63) is 54.0 Å². The van der Waals surface area contributed by atoms with E-state index in [1.807, 2.05) is 13.8 Å². The van der Waals surface area contributed by atoms with Crippen molar-refractivity contribution >= 4 is 23.5 Å². The van der Waals surface area contributed by atoms with Gasteiger partial charge in [0.2, 0.25) is 0 Å². The molecular weight excluding hydrogens is 364 g/mol. The number of rotatable bonds is 5. The molecule has 1 aliphatic rings. The van der Waals surface area contributed by atoms with Crippen molar-refractivity contribution in [3.63, 3.8) is 0 Å². The third kappa shape index (κ3) is 4.98. The molecule has 2 atom stereocenters. The molecule has 0 spiro atoms. The van der Waals surface area contributed by atoms with Crippen LogP contribution in [0.15, 0.2) is 47.1 Å². The lowest BCUT2D eigenvalue weighted by Gasteiger charge is -2.35. The Bertz CT molecular complexity index is 821. The highest BCUT2D eigenvalue weighted by Gasteiger charge is 2.26. The Labute approximate surface area is 162 Å². The van der Waals surface area contributed by atoms with Gasteiger partial charge in [-0.15, -0.1) is 0 Å². The van der Waals surface area contributed by atoms with Crippen LogP contribution in [-0.4, -0.2) is 54.6 Å². The second-order valence-electron chi connectivity index (χ2n) is 6.64. The van der Waals surface area contributed by atoms with E-state index in [9.17, 15) is 14.4 Å². The molecule has 0 radical (unpaired) electrons. The van der Waals surface area contributed by atoms with Gasteiger partial charge in [-0.2, -0.15) is 0 Å². The van der Waals surface area contributed by atoms with Crippen molar-refractivity contribution in [1.29, 1.82) is 0 Å². The van der Waals surface area contributed by atoms with Crippen molar-refractivity contribution in [2.75, 3.05) is 25.0 Å². The van der Waals surface area contributed by atoms with Crippen LogP contribution >= 0.6 is 0 Å². The minimum Gasteiger partial charge on any atom is -0.459 e. The van der Waals surface area contributed by atoms with Gasteiger partial charge in [-0.3, -0.25) is 9.59 Å². The molecule has 0 saturated carbocycles. The van der Waals surface area contributed by atoms with Gasteiger partial charge in [0.15, 0.2) is 12.4 Å². The number of anilines is 1. The van der Waals surface area contributed by atoms with Gasteiger partial charge >= 0.3 is 5.97 Å². The number of hydrogen-bond acceptors (Lipinski definition) is 6. The number of benzene rings is 1. The molecular formula is C20H22N2O6. The predicted molar refractivity (Wildman–Crippen MR) is 100.0 cm³/mol. The van der Waals surface area contributed by atoms with Gasteiger partial charge in [-0.25, -0.2) is 4.79 Å². The van der Waals surface area contributed by atoms with Crippen LogP contribution in [0, 0.1) is 0 Å². The average molecular weight is 386 g/mol. The maximum atomic E-state index is 12.2. The molecule has 2 amide bonds. The van der Waals surface area contributed by atoms with E-state index in [-0.39, 0.29) is 42.0 Å². The molecule has 1 aliphatic heterocycles. The second-order valence-corrected chi connectivity index (χ2v) is 6.64. The zero-order chi connectivity index (χ0) is 20.1. The highest BCUT2D eigenvalue weighted by Crippen LogP contribution is 2.14. The molecule has 0 aliphatic carbocycles. The first-order chi connectivity index (χ1) is 13.4. The van der Waals surface area contributed by atoms with Crippen molar-refractivity contribution < 1.29 is 28.3 Å². The van der Waals surface area contributed by atoms with E-state index < -0.39 is 5.97 Å². The molecule has 1 saturated heterocycles. The zero-order valence-electron chi connectivity index (χ0n) is 15.7. The lowest BCUT2D eigenvalue weighted by atomic mass is 10.2. The van der Waals surface area contributed by atoms with Crippen molar-refractivity contribution in [3.8, 4) is 0 Å². The van der Waals surface area contributed by atoms with Crippen LogP contribution in [-0.2, 0) is 14.3 Å². The van der Waals surface area contributed by atoms with E-state index in [1.54, 1.807) is 29.2 Å². The van der Waals surface area contributed by atoms with Crippen LogP contribution in [0.1, 0.15) is 34.8 Å². The van der Waals surface area contributed by atoms with Gasteiger partial charge in [-0.1, -0.05) is 0 Å². The summed E-state index contributed by atoms with van der Waals surface area (Å²) >= 11 is 0. The van der Waals surface area contributed by atoms with E-state index >= 15 is 0 Å². The number of carbonyl (C=O) groups excluding carboxylic acids is 3. The van der Waals surface area contributed by atoms with Crippen LogP contribution < -0.4 is 5.32 Å². The molecule has 28 heavy (non-hydrogen) atoms. The van der Waals surface area contributed by atoms with Crippen molar-refractivity contribution in [2.24, 2.45) is 0 Å². The van der Waals surface area contributed by atoms with E-state index in [0.29, 0.717) is 18.8 Å². The first-order valence-corrected chi connectivity index (χ1v) is 8.97. The normalized spacial score (nSPS) is 19.1. The fourth-order valence-electron chi connectivity index (χ4n) is 2.97. The Kier molecular flexibility index (Phi) is 6.10. The van der Waals surface area contributed by atoms with E-state index in [0.717, 1.165) is 0 Å². The molecule has 3 rings (SSSR count). The maximum Gasteiger partial charge on any atom is 0.338 e. The lowest BCUT2D eigenvalue weighted by molar-refractivity contribution is -0.146. The fourth-order valence-corrected chi connectivity index (χ4v) is 2.97. The van der Waals surface area contributed by atoms with Crippen LogP contribution in [0.2, 0.25) is 0 Å². The topological polar surface area (TPSA) is 98.1 Å². The highest BCUT2D eigenvalue weighted by molar-refractivity contribution is 6.02. The molecule has 0 unspecified atom stereocenters.